The van der Waals surface area contributed by atoms with Crippen molar-refractivity contribution in [3.63, 3.8) is 0 Å². The van der Waals surface area contributed by atoms with Crippen LogP contribution in [0.4, 0.5) is 0 Å². The lowest BCUT2D eigenvalue weighted by Crippen LogP contribution is -2.41. The van der Waals surface area contributed by atoms with Crippen LogP contribution in [0.5, 0.6) is 0 Å². The molecule has 5 aliphatic carbocycles. The molecule has 0 aromatic carbocycles. The van der Waals surface area contributed by atoms with Crippen molar-refractivity contribution in [3.05, 3.63) is 0 Å². The summed E-state index contributed by atoms with van der Waals surface area (Å²) < 4.78 is 0. The van der Waals surface area contributed by atoms with Gasteiger partial charge in [0.2, 0.25) is 0 Å². The topological polar surface area (TPSA) is 40.5 Å². The molecule has 106 valence electrons. The van der Waals surface area contributed by atoms with Gasteiger partial charge in [-0.25, -0.2) is 0 Å². The van der Waals surface area contributed by atoms with Crippen molar-refractivity contribution in [1.82, 2.24) is 0 Å². The molecule has 10 unspecified atom stereocenters. The van der Waals surface area contributed by atoms with Gasteiger partial charge in [0.25, 0.3) is 0 Å². The van der Waals surface area contributed by atoms with Crippen LogP contribution < -0.4 is 0 Å². The number of fused-ring (bicyclic) bond motifs is 12. The highest BCUT2D eigenvalue weighted by Gasteiger charge is 2.68. The largest absolute Gasteiger partial charge is 0.396 e. The van der Waals surface area contributed by atoms with E-state index in [4.69, 9.17) is 0 Å². The molecule has 10 atom stereocenters. The highest BCUT2D eigenvalue weighted by Crippen LogP contribution is 2.74. The third kappa shape index (κ3) is 1.22. The van der Waals surface area contributed by atoms with E-state index in [1.165, 1.54) is 32.1 Å². The molecule has 0 aromatic rings. The van der Waals surface area contributed by atoms with Crippen molar-refractivity contribution in [2.24, 2.45) is 59.2 Å². The first-order valence-corrected chi connectivity index (χ1v) is 8.55. The Hall–Kier alpha value is -0.0800. The molecule has 2 nitrogen and oxygen atoms in total. The number of aliphatic hydroxyl groups is 2. The Morgan fingerprint density at radius 3 is 2.26 bits per heavy atom. The van der Waals surface area contributed by atoms with Gasteiger partial charge in [0.1, 0.15) is 0 Å². The summed E-state index contributed by atoms with van der Waals surface area (Å²) in [7, 11) is 0. The highest BCUT2D eigenvalue weighted by molar-refractivity contribution is 5.16. The van der Waals surface area contributed by atoms with Crippen LogP contribution in [0.25, 0.3) is 0 Å². The molecule has 5 saturated carbocycles. The first kappa shape index (κ1) is 11.6. The second-order valence-corrected chi connectivity index (χ2v) is 8.32. The third-order valence-corrected chi connectivity index (χ3v) is 8.23. The summed E-state index contributed by atoms with van der Waals surface area (Å²) in [5.74, 6) is 8.78. The predicted octanol–water partition coefficient (Wildman–Crippen LogP) is 2.15. The number of aliphatic hydroxyl groups excluding tert-OH is 2. The van der Waals surface area contributed by atoms with Crippen LogP contribution >= 0.6 is 0 Å². The Morgan fingerprint density at radius 1 is 0.632 bits per heavy atom. The number of rotatable bonds is 2. The standard InChI is InChI=1S/C17H26O2/c18-6-8-1-2-11-13-5-14(15(8)11)16-9-3-10(7-19)12(4-9)17(13)16/h8-19H,1-7H2. The second kappa shape index (κ2) is 3.76. The minimum Gasteiger partial charge on any atom is -0.396 e. The Balaban J connectivity index is 1.48. The lowest BCUT2D eigenvalue weighted by atomic mass is 9.61. The Labute approximate surface area is 115 Å². The monoisotopic (exact) mass is 262 g/mol. The van der Waals surface area contributed by atoms with Gasteiger partial charge in [-0.15, -0.1) is 0 Å². The molecule has 0 aromatic heterocycles. The summed E-state index contributed by atoms with van der Waals surface area (Å²) in [4.78, 5) is 0. The molecule has 0 aliphatic heterocycles. The average Bonchev–Trinajstić information content (AvgIpc) is 3.18. The molecule has 0 amide bonds. The molecule has 5 fully saturated rings. The minimum absolute atomic E-state index is 0.440. The fourth-order valence-corrected chi connectivity index (χ4v) is 8.06. The summed E-state index contributed by atoms with van der Waals surface area (Å²) >= 11 is 0. The first-order chi connectivity index (χ1) is 9.33. The van der Waals surface area contributed by atoms with Crippen LogP contribution in [-0.4, -0.2) is 23.4 Å². The molecule has 0 heterocycles. The van der Waals surface area contributed by atoms with Crippen LogP contribution in [0, 0.1) is 59.2 Å². The van der Waals surface area contributed by atoms with E-state index >= 15 is 0 Å². The van der Waals surface area contributed by atoms with Crippen LogP contribution in [0.15, 0.2) is 0 Å². The van der Waals surface area contributed by atoms with Crippen molar-refractivity contribution < 1.29 is 10.2 Å². The molecular weight excluding hydrogens is 236 g/mol. The van der Waals surface area contributed by atoms with Crippen LogP contribution in [0.2, 0.25) is 0 Å². The van der Waals surface area contributed by atoms with Gasteiger partial charge in [0, 0.05) is 13.2 Å². The van der Waals surface area contributed by atoms with Crippen molar-refractivity contribution in [2.45, 2.75) is 32.1 Å². The minimum atomic E-state index is 0.440. The van der Waals surface area contributed by atoms with Crippen molar-refractivity contribution in [1.29, 1.82) is 0 Å². The molecule has 5 aliphatic rings. The van der Waals surface area contributed by atoms with Crippen molar-refractivity contribution >= 4 is 0 Å². The third-order valence-electron chi connectivity index (χ3n) is 8.23. The van der Waals surface area contributed by atoms with Gasteiger partial charge in [-0.2, -0.15) is 0 Å². The van der Waals surface area contributed by atoms with Crippen LogP contribution in [0.3, 0.4) is 0 Å². The molecule has 4 bridgehead atoms. The summed E-state index contributed by atoms with van der Waals surface area (Å²) in [6, 6.07) is 0. The van der Waals surface area contributed by atoms with Crippen LogP contribution in [-0.2, 0) is 0 Å². The maximum atomic E-state index is 9.66. The fraction of sp³-hybridized carbons (Fsp3) is 1.00. The van der Waals surface area contributed by atoms with Crippen molar-refractivity contribution in [3.8, 4) is 0 Å². The number of hydrogen-bond donors (Lipinski definition) is 2. The van der Waals surface area contributed by atoms with E-state index in [1.54, 1.807) is 0 Å². The van der Waals surface area contributed by atoms with E-state index in [9.17, 15) is 10.2 Å². The van der Waals surface area contributed by atoms with E-state index in [0.29, 0.717) is 25.0 Å². The van der Waals surface area contributed by atoms with Gasteiger partial charge in [-0.3, -0.25) is 0 Å². The smallest absolute Gasteiger partial charge is 0.0462 e. The molecular formula is C17H26O2. The first-order valence-electron chi connectivity index (χ1n) is 8.55. The predicted molar refractivity (Wildman–Crippen MR) is 72.2 cm³/mol. The summed E-state index contributed by atoms with van der Waals surface area (Å²) in [5, 5.41) is 19.3. The second-order valence-electron chi connectivity index (χ2n) is 8.32. The molecule has 2 heteroatoms. The number of hydrogen-bond acceptors (Lipinski definition) is 2. The fourth-order valence-electron chi connectivity index (χ4n) is 8.06. The molecule has 0 saturated heterocycles. The lowest BCUT2D eigenvalue weighted by Gasteiger charge is -2.44. The van der Waals surface area contributed by atoms with Crippen LogP contribution in [0.1, 0.15) is 32.1 Å². The highest BCUT2D eigenvalue weighted by atomic mass is 16.3. The van der Waals surface area contributed by atoms with E-state index in [1.807, 2.05) is 0 Å². The quantitative estimate of drug-likeness (QED) is 0.749. The van der Waals surface area contributed by atoms with Gasteiger partial charge in [-0.05, 0) is 91.3 Å². The maximum absolute atomic E-state index is 9.66. The summed E-state index contributed by atoms with van der Waals surface area (Å²) in [6.07, 6.45) is 6.90. The molecule has 0 radical (unpaired) electrons. The molecule has 2 N–H and O–H groups in total. The zero-order chi connectivity index (χ0) is 12.7. The van der Waals surface area contributed by atoms with Gasteiger partial charge < -0.3 is 10.2 Å². The maximum Gasteiger partial charge on any atom is 0.0462 e. The van der Waals surface area contributed by atoms with Gasteiger partial charge in [0.15, 0.2) is 0 Å². The SMILES string of the molecule is OCC1CC2CC1C1C3CC(C4C(CO)CCC34)C21. The van der Waals surface area contributed by atoms with Gasteiger partial charge in [0.05, 0.1) is 0 Å². The van der Waals surface area contributed by atoms with E-state index in [0.717, 1.165) is 47.3 Å². The van der Waals surface area contributed by atoms with Gasteiger partial charge in [-0.1, -0.05) is 0 Å². The van der Waals surface area contributed by atoms with Gasteiger partial charge >= 0.3 is 0 Å². The Morgan fingerprint density at radius 2 is 1.47 bits per heavy atom. The molecule has 0 spiro atoms. The zero-order valence-corrected chi connectivity index (χ0v) is 11.6. The average molecular weight is 262 g/mol. The Kier molecular flexibility index (Phi) is 2.29. The lowest BCUT2D eigenvalue weighted by molar-refractivity contribution is 0.0126. The van der Waals surface area contributed by atoms with E-state index in [-0.39, 0.29) is 0 Å². The summed E-state index contributed by atoms with van der Waals surface area (Å²) in [6.45, 7) is 0.879. The van der Waals surface area contributed by atoms with Crippen molar-refractivity contribution in [2.75, 3.05) is 13.2 Å². The van der Waals surface area contributed by atoms with E-state index in [2.05, 4.69) is 0 Å². The van der Waals surface area contributed by atoms with E-state index < -0.39 is 0 Å². The summed E-state index contributed by atoms with van der Waals surface area (Å²) in [5.41, 5.74) is 0. The zero-order valence-electron chi connectivity index (χ0n) is 11.6. The molecule has 5 rings (SSSR count). The Bertz CT molecular complexity index is 395. The normalized spacial score (nSPS) is 64.7. The molecule has 19 heavy (non-hydrogen) atoms.